The zero-order chi connectivity index (χ0) is 18.8. The number of likely N-dealkylation sites (N-methyl/N-ethyl adjacent to an activating group) is 1. The van der Waals surface area contributed by atoms with E-state index in [9.17, 15) is 32.3 Å². The molecule has 0 saturated carbocycles. The minimum absolute atomic E-state index is 0.194. The number of Topliss-reactive ketones (excluding diaryl/α,β-unsaturated/α-hetero) is 1. The molecule has 0 aromatic heterocycles. The highest BCUT2D eigenvalue weighted by molar-refractivity contribution is 6.00. The number of carbonyl (C=O) groups is 4. The Hall–Kier alpha value is -2.71. The summed E-state index contributed by atoms with van der Waals surface area (Å²) >= 11 is 0. The van der Waals surface area contributed by atoms with Crippen LogP contribution in [0.5, 0.6) is 0 Å². The molecule has 0 radical (unpaired) electrons. The first kappa shape index (κ1) is 18.6. The molecule has 0 N–H and O–H groups in total. The fourth-order valence-electron chi connectivity index (χ4n) is 2.76. The number of alkyl halides is 3. The number of rotatable bonds is 6. The largest absolute Gasteiger partial charge is 0.471 e. The lowest BCUT2D eigenvalue weighted by Crippen LogP contribution is -2.44. The second kappa shape index (κ2) is 7.04. The van der Waals surface area contributed by atoms with Crippen LogP contribution < -0.4 is 0 Å². The van der Waals surface area contributed by atoms with E-state index in [4.69, 9.17) is 0 Å². The number of fused-ring (bicyclic) bond motifs is 1. The zero-order valence-electron chi connectivity index (χ0n) is 13.2. The third kappa shape index (κ3) is 4.04. The molecule has 25 heavy (non-hydrogen) atoms. The molecule has 6 nitrogen and oxygen atoms in total. The fourth-order valence-corrected chi connectivity index (χ4v) is 2.76. The standard InChI is InChI=1S/C16H15F3N2O4/c1-20(15(25)16(17,18)19)13-5-10-2-3-11(4-12(10)6-13)14(24)7-21(8-22)9-23/h2-4,8-9,13H,5-7H2,1H3. The van der Waals surface area contributed by atoms with Gasteiger partial charge in [0, 0.05) is 18.7 Å². The van der Waals surface area contributed by atoms with Gasteiger partial charge in [-0.25, -0.2) is 0 Å². The summed E-state index contributed by atoms with van der Waals surface area (Å²) in [5, 5.41) is 0. The van der Waals surface area contributed by atoms with Crippen molar-refractivity contribution < 1.29 is 32.3 Å². The van der Waals surface area contributed by atoms with Crippen LogP contribution in [0.15, 0.2) is 18.2 Å². The minimum Gasteiger partial charge on any atom is -0.334 e. The summed E-state index contributed by atoms with van der Waals surface area (Å²) in [5.41, 5.74) is 1.67. The Balaban J connectivity index is 2.12. The van der Waals surface area contributed by atoms with Gasteiger partial charge in [0.2, 0.25) is 12.8 Å². The van der Waals surface area contributed by atoms with Gasteiger partial charge < -0.3 is 4.90 Å². The van der Waals surface area contributed by atoms with Crippen LogP contribution in [-0.2, 0) is 27.2 Å². The predicted molar refractivity (Wildman–Crippen MR) is 79.6 cm³/mol. The molecule has 0 aliphatic heterocycles. The molecule has 0 spiro atoms. The molecule has 1 unspecified atom stereocenters. The summed E-state index contributed by atoms with van der Waals surface area (Å²) in [6.07, 6.45) is -4.02. The van der Waals surface area contributed by atoms with Crippen molar-refractivity contribution in [2.75, 3.05) is 13.6 Å². The third-order valence-corrected chi connectivity index (χ3v) is 4.15. The fraction of sp³-hybridized carbons (Fsp3) is 0.375. The summed E-state index contributed by atoms with van der Waals surface area (Å²) in [5.74, 6) is -2.38. The Kier molecular flexibility index (Phi) is 5.24. The van der Waals surface area contributed by atoms with E-state index in [0.29, 0.717) is 15.4 Å². The number of imide groups is 1. The summed E-state index contributed by atoms with van der Waals surface area (Å²) in [4.78, 5) is 45.8. The molecule has 2 rings (SSSR count). The maximum atomic E-state index is 12.5. The Bertz CT molecular complexity index is 710. The van der Waals surface area contributed by atoms with Crippen molar-refractivity contribution in [3.05, 3.63) is 34.9 Å². The van der Waals surface area contributed by atoms with Crippen molar-refractivity contribution in [3.63, 3.8) is 0 Å². The third-order valence-electron chi connectivity index (χ3n) is 4.15. The molecule has 1 aromatic carbocycles. The van der Waals surface area contributed by atoms with Gasteiger partial charge in [-0.05, 0) is 30.0 Å². The van der Waals surface area contributed by atoms with Crippen molar-refractivity contribution in [2.45, 2.75) is 25.1 Å². The van der Waals surface area contributed by atoms with E-state index < -0.39 is 30.5 Å². The van der Waals surface area contributed by atoms with Gasteiger partial charge in [-0.15, -0.1) is 0 Å². The van der Waals surface area contributed by atoms with Crippen LogP contribution in [0.1, 0.15) is 21.5 Å². The smallest absolute Gasteiger partial charge is 0.334 e. The first-order valence-electron chi connectivity index (χ1n) is 7.32. The van der Waals surface area contributed by atoms with E-state index in [-0.39, 0.29) is 31.2 Å². The summed E-state index contributed by atoms with van der Waals surface area (Å²) in [6, 6.07) is 3.98. The number of carbonyl (C=O) groups excluding carboxylic acids is 4. The molecule has 0 saturated heterocycles. The van der Waals surface area contributed by atoms with E-state index in [2.05, 4.69) is 0 Å². The number of halogens is 3. The SMILES string of the molecule is CN(C(=O)C(F)(F)F)C1Cc2ccc(C(=O)CN(C=O)C=O)cc2C1. The van der Waals surface area contributed by atoms with Crippen LogP contribution in [0.3, 0.4) is 0 Å². The molecule has 1 atom stereocenters. The highest BCUT2D eigenvalue weighted by Gasteiger charge is 2.44. The maximum absolute atomic E-state index is 12.5. The first-order valence-corrected chi connectivity index (χ1v) is 7.32. The van der Waals surface area contributed by atoms with Crippen LogP contribution in [0.25, 0.3) is 0 Å². The quantitative estimate of drug-likeness (QED) is 0.562. The van der Waals surface area contributed by atoms with Gasteiger partial charge in [-0.3, -0.25) is 24.1 Å². The molecule has 0 heterocycles. The van der Waals surface area contributed by atoms with E-state index in [1.54, 1.807) is 6.07 Å². The molecule has 9 heteroatoms. The monoisotopic (exact) mass is 356 g/mol. The highest BCUT2D eigenvalue weighted by atomic mass is 19.4. The molecule has 134 valence electrons. The normalized spacial score (nSPS) is 16.1. The number of hydrogen-bond acceptors (Lipinski definition) is 4. The Morgan fingerprint density at radius 3 is 2.32 bits per heavy atom. The summed E-state index contributed by atoms with van der Waals surface area (Å²) < 4.78 is 37.6. The minimum atomic E-state index is -4.93. The number of nitrogens with zero attached hydrogens (tertiary/aromatic N) is 2. The maximum Gasteiger partial charge on any atom is 0.471 e. The van der Waals surface area contributed by atoms with E-state index >= 15 is 0 Å². The topological polar surface area (TPSA) is 74.8 Å². The summed E-state index contributed by atoms with van der Waals surface area (Å²) in [6.45, 7) is -0.415. The second-order valence-corrected chi connectivity index (χ2v) is 5.77. The lowest BCUT2D eigenvalue weighted by atomic mass is 10.0. The Labute approximate surface area is 141 Å². The van der Waals surface area contributed by atoms with E-state index in [0.717, 1.165) is 12.6 Å². The lowest BCUT2D eigenvalue weighted by Gasteiger charge is -2.25. The average molecular weight is 356 g/mol. The van der Waals surface area contributed by atoms with Crippen molar-refractivity contribution in [3.8, 4) is 0 Å². The number of amides is 3. The predicted octanol–water partition coefficient (Wildman–Crippen LogP) is 0.972. The lowest BCUT2D eigenvalue weighted by molar-refractivity contribution is -0.186. The molecule has 0 fully saturated rings. The molecule has 3 amide bonds. The van der Waals surface area contributed by atoms with Crippen LogP contribution in [-0.4, -0.2) is 60.1 Å². The van der Waals surface area contributed by atoms with Crippen molar-refractivity contribution >= 4 is 24.5 Å². The summed E-state index contributed by atoms with van der Waals surface area (Å²) in [7, 11) is 1.10. The van der Waals surface area contributed by atoms with Crippen LogP contribution >= 0.6 is 0 Å². The van der Waals surface area contributed by atoms with Gasteiger partial charge in [0.15, 0.2) is 5.78 Å². The Morgan fingerprint density at radius 1 is 1.16 bits per heavy atom. The first-order chi connectivity index (χ1) is 11.7. The molecular formula is C16H15F3N2O4. The number of ketones is 1. The van der Waals surface area contributed by atoms with Crippen LogP contribution in [0, 0.1) is 0 Å². The van der Waals surface area contributed by atoms with Crippen molar-refractivity contribution in [1.82, 2.24) is 9.80 Å². The van der Waals surface area contributed by atoms with Gasteiger partial charge in [0.1, 0.15) is 0 Å². The number of hydrogen-bond donors (Lipinski definition) is 0. The molecule has 1 aromatic rings. The van der Waals surface area contributed by atoms with Gasteiger partial charge in [-0.2, -0.15) is 13.2 Å². The van der Waals surface area contributed by atoms with Crippen molar-refractivity contribution in [2.24, 2.45) is 0 Å². The molecular weight excluding hydrogens is 341 g/mol. The molecule has 1 aliphatic carbocycles. The van der Waals surface area contributed by atoms with Gasteiger partial charge in [0.25, 0.3) is 0 Å². The highest BCUT2D eigenvalue weighted by Crippen LogP contribution is 2.28. The average Bonchev–Trinajstić information content (AvgIpc) is 3.00. The number of benzene rings is 1. The molecule has 0 bridgehead atoms. The van der Waals surface area contributed by atoms with Gasteiger partial charge >= 0.3 is 12.1 Å². The van der Waals surface area contributed by atoms with E-state index in [1.807, 2.05) is 0 Å². The van der Waals surface area contributed by atoms with Gasteiger partial charge in [-0.1, -0.05) is 12.1 Å². The van der Waals surface area contributed by atoms with Crippen molar-refractivity contribution in [1.29, 1.82) is 0 Å². The van der Waals surface area contributed by atoms with Crippen LogP contribution in [0.4, 0.5) is 13.2 Å². The zero-order valence-corrected chi connectivity index (χ0v) is 13.2. The second-order valence-electron chi connectivity index (χ2n) is 5.77. The van der Waals surface area contributed by atoms with E-state index in [1.165, 1.54) is 12.1 Å². The molecule has 1 aliphatic rings. The Morgan fingerprint density at radius 2 is 1.76 bits per heavy atom. The van der Waals surface area contributed by atoms with Gasteiger partial charge in [0.05, 0.1) is 6.54 Å². The van der Waals surface area contributed by atoms with Crippen LogP contribution in [0.2, 0.25) is 0 Å².